The zero-order valence-corrected chi connectivity index (χ0v) is 19.7. The first-order valence-corrected chi connectivity index (χ1v) is 11.4. The second kappa shape index (κ2) is 9.34. The Morgan fingerprint density at radius 3 is 2.48 bits per heavy atom. The standard InChI is InChI=1S/C24H17BrFNO2S2/c1-15-2-9-19(10-3-15)27-23(28)22(31-24(27)30)13-17-6-11-21(20(25)12-17)29-14-16-4-7-18(26)8-5-16/h2-13H,14H2,1H3/b22-13+. The van der Waals surface area contributed by atoms with Crippen LogP contribution in [-0.4, -0.2) is 10.2 Å². The molecule has 1 amide bonds. The van der Waals surface area contributed by atoms with Crippen LogP contribution in [0.15, 0.2) is 76.1 Å². The summed E-state index contributed by atoms with van der Waals surface area (Å²) in [6, 6.07) is 19.5. The number of carbonyl (C=O) groups is 1. The van der Waals surface area contributed by atoms with Gasteiger partial charge in [0.25, 0.3) is 5.91 Å². The second-order valence-electron chi connectivity index (χ2n) is 6.96. The summed E-state index contributed by atoms with van der Waals surface area (Å²) < 4.78 is 20.1. The lowest BCUT2D eigenvalue weighted by Gasteiger charge is -2.14. The minimum atomic E-state index is -0.276. The van der Waals surface area contributed by atoms with E-state index in [1.165, 1.54) is 23.9 Å². The largest absolute Gasteiger partial charge is 0.488 e. The fraction of sp³-hybridized carbons (Fsp3) is 0.0833. The fourth-order valence-corrected chi connectivity index (χ4v) is 4.81. The molecule has 4 rings (SSSR count). The van der Waals surface area contributed by atoms with Crippen LogP contribution in [0.1, 0.15) is 16.7 Å². The number of aryl methyl sites for hydroxylation is 1. The second-order valence-corrected chi connectivity index (χ2v) is 9.49. The molecule has 0 N–H and O–H groups in total. The maximum absolute atomic E-state index is 13.0. The Balaban J connectivity index is 1.49. The number of amides is 1. The number of thiocarbonyl (C=S) groups is 1. The molecule has 1 aliphatic rings. The normalized spacial score (nSPS) is 15.1. The van der Waals surface area contributed by atoms with Crippen molar-refractivity contribution >= 4 is 61.9 Å². The summed E-state index contributed by atoms with van der Waals surface area (Å²) in [5.74, 6) is 0.252. The summed E-state index contributed by atoms with van der Waals surface area (Å²) in [7, 11) is 0. The molecule has 0 bridgehead atoms. The predicted molar refractivity (Wildman–Crippen MR) is 132 cm³/mol. The van der Waals surface area contributed by atoms with Gasteiger partial charge in [-0.25, -0.2) is 4.39 Å². The molecule has 0 unspecified atom stereocenters. The Hall–Kier alpha value is -2.48. The van der Waals surface area contributed by atoms with Crippen molar-refractivity contribution in [1.29, 1.82) is 0 Å². The van der Waals surface area contributed by atoms with E-state index in [0.717, 1.165) is 26.9 Å². The van der Waals surface area contributed by atoms with Crippen molar-refractivity contribution < 1.29 is 13.9 Å². The number of hydrogen-bond acceptors (Lipinski definition) is 4. The maximum atomic E-state index is 13.0. The molecular weight excluding hydrogens is 497 g/mol. The SMILES string of the molecule is Cc1ccc(N2C(=O)/C(=C\c3ccc(OCc4ccc(F)cc4)c(Br)c3)SC2=S)cc1. The first-order chi connectivity index (χ1) is 14.9. The van der Waals surface area contributed by atoms with E-state index < -0.39 is 0 Å². The third-order valence-electron chi connectivity index (χ3n) is 4.65. The molecule has 0 saturated carbocycles. The average Bonchev–Trinajstić information content (AvgIpc) is 3.02. The lowest BCUT2D eigenvalue weighted by atomic mass is 10.2. The molecule has 1 heterocycles. The zero-order valence-electron chi connectivity index (χ0n) is 16.5. The first-order valence-electron chi connectivity index (χ1n) is 9.42. The number of halogens is 2. The molecule has 7 heteroatoms. The van der Waals surface area contributed by atoms with Crippen LogP contribution in [0, 0.1) is 12.7 Å². The smallest absolute Gasteiger partial charge is 0.270 e. The highest BCUT2D eigenvalue weighted by molar-refractivity contribution is 9.10. The van der Waals surface area contributed by atoms with Crippen molar-refractivity contribution in [3.8, 4) is 5.75 Å². The molecule has 0 aromatic heterocycles. The van der Waals surface area contributed by atoms with Crippen LogP contribution in [0.25, 0.3) is 6.08 Å². The topological polar surface area (TPSA) is 29.5 Å². The maximum Gasteiger partial charge on any atom is 0.270 e. The molecule has 0 atom stereocenters. The van der Waals surface area contributed by atoms with E-state index in [1.807, 2.05) is 55.5 Å². The summed E-state index contributed by atoms with van der Waals surface area (Å²) in [6.45, 7) is 2.33. The summed E-state index contributed by atoms with van der Waals surface area (Å²) in [6.07, 6.45) is 1.82. The number of anilines is 1. The molecule has 3 aromatic rings. The van der Waals surface area contributed by atoms with Gasteiger partial charge >= 0.3 is 0 Å². The quantitative estimate of drug-likeness (QED) is 0.274. The van der Waals surface area contributed by atoms with Gasteiger partial charge in [-0.1, -0.05) is 59.9 Å². The molecule has 0 radical (unpaired) electrons. The summed E-state index contributed by atoms with van der Waals surface area (Å²) in [5.41, 5.74) is 3.61. The van der Waals surface area contributed by atoms with Crippen LogP contribution >= 0.6 is 39.9 Å². The van der Waals surface area contributed by atoms with Crippen LogP contribution in [0.3, 0.4) is 0 Å². The summed E-state index contributed by atoms with van der Waals surface area (Å²) >= 11 is 10.2. The van der Waals surface area contributed by atoms with Crippen LogP contribution in [0.5, 0.6) is 5.75 Å². The Bertz CT molecular complexity index is 1180. The number of rotatable bonds is 5. The lowest BCUT2D eigenvalue weighted by Crippen LogP contribution is -2.27. The Morgan fingerprint density at radius 2 is 1.81 bits per heavy atom. The molecular formula is C24H17BrFNO2S2. The van der Waals surface area contributed by atoms with Crippen molar-refractivity contribution in [2.45, 2.75) is 13.5 Å². The van der Waals surface area contributed by atoms with Gasteiger partial charge in [0.15, 0.2) is 4.32 Å². The van der Waals surface area contributed by atoms with E-state index in [1.54, 1.807) is 17.0 Å². The highest BCUT2D eigenvalue weighted by Crippen LogP contribution is 2.37. The van der Waals surface area contributed by atoms with Crippen molar-refractivity contribution in [1.82, 2.24) is 0 Å². The lowest BCUT2D eigenvalue weighted by molar-refractivity contribution is -0.113. The molecule has 3 aromatic carbocycles. The van der Waals surface area contributed by atoms with Crippen molar-refractivity contribution in [2.24, 2.45) is 0 Å². The number of carbonyl (C=O) groups excluding carboxylic acids is 1. The molecule has 3 nitrogen and oxygen atoms in total. The van der Waals surface area contributed by atoms with Gasteiger partial charge in [0.1, 0.15) is 18.2 Å². The van der Waals surface area contributed by atoms with Gasteiger partial charge in [-0.05, 0) is 76.5 Å². The number of nitrogens with zero attached hydrogens (tertiary/aromatic N) is 1. The van der Waals surface area contributed by atoms with Gasteiger partial charge in [-0.15, -0.1) is 0 Å². The minimum absolute atomic E-state index is 0.133. The van der Waals surface area contributed by atoms with Crippen molar-refractivity contribution in [3.63, 3.8) is 0 Å². The Morgan fingerprint density at radius 1 is 1.10 bits per heavy atom. The summed E-state index contributed by atoms with van der Waals surface area (Å²) in [4.78, 5) is 15.1. The van der Waals surface area contributed by atoms with E-state index in [-0.39, 0.29) is 11.7 Å². The zero-order chi connectivity index (χ0) is 22.0. The molecule has 1 fully saturated rings. The van der Waals surface area contributed by atoms with Gasteiger partial charge < -0.3 is 4.74 Å². The van der Waals surface area contributed by atoms with Gasteiger partial charge in [0, 0.05) is 0 Å². The molecule has 0 aliphatic carbocycles. The number of hydrogen-bond donors (Lipinski definition) is 0. The fourth-order valence-electron chi connectivity index (χ4n) is 3.00. The molecule has 1 saturated heterocycles. The number of benzene rings is 3. The van der Waals surface area contributed by atoms with Crippen LogP contribution in [0.4, 0.5) is 10.1 Å². The number of ether oxygens (including phenoxy) is 1. The van der Waals surface area contributed by atoms with Gasteiger partial charge in [-0.3, -0.25) is 9.69 Å². The number of thioether (sulfide) groups is 1. The van der Waals surface area contributed by atoms with E-state index in [4.69, 9.17) is 17.0 Å². The van der Waals surface area contributed by atoms with E-state index in [0.29, 0.717) is 21.6 Å². The third kappa shape index (κ3) is 5.06. The predicted octanol–water partition coefficient (Wildman–Crippen LogP) is 6.88. The molecule has 1 aliphatic heterocycles. The highest BCUT2D eigenvalue weighted by Gasteiger charge is 2.33. The van der Waals surface area contributed by atoms with Gasteiger partial charge in [0.2, 0.25) is 0 Å². The van der Waals surface area contributed by atoms with Crippen molar-refractivity contribution in [3.05, 3.63) is 98.6 Å². The molecule has 156 valence electrons. The Labute approximate surface area is 198 Å². The average molecular weight is 514 g/mol. The van der Waals surface area contributed by atoms with Crippen molar-refractivity contribution in [2.75, 3.05) is 4.90 Å². The van der Waals surface area contributed by atoms with Gasteiger partial charge in [0.05, 0.1) is 15.1 Å². The first kappa shape index (κ1) is 21.7. The van der Waals surface area contributed by atoms with E-state index in [9.17, 15) is 9.18 Å². The summed E-state index contributed by atoms with van der Waals surface area (Å²) in [5, 5.41) is 0. The minimum Gasteiger partial charge on any atom is -0.488 e. The highest BCUT2D eigenvalue weighted by atomic mass is 79.9. The van der Waals surface area contributed by atoms with Crippen LogP contribution in [-0.2, 0) is 11.4 Å². The molecule has 31 heavy (non-hydrogen) atoms. The van der Waals surface area contributed by atoms with Crippen LogP contribution < -0.4 is 9.64 Å². The van der Waals surface area contributed by atoms with Gasteiger partial charge in [-0.2, -0.15) is 0 Å². The van der Waals surface area contributed by atoms with E-state index >= 15 is 0 Å². The Kier molecular flexibility index (Phi) is 6.55. The molecule has 0 spiro atoms. The van der Waals surface area contributed by atoms with Crippen LogP contribution in [0.2, 0.25) is 0 Å². The third-order valence-corrected chi connectivity index (χ3v) is 6.57. The monoisotopic (exact) mass is 513 g/mol. The van der Waals surface area contributed by atoms with E-state index in [2.05, 4.69) is 15.9 Å².